The van der Waals surface area contributed by atoms with Gasteiger partial charge in [0.05, 0.1) is 35.0 Å². The van der Waals surface area contributed by atoms with Gasteiger partial charge in [0, 0.05) is 0 Å². The van der Waals surface area contributed by atoms with Gasteiger partial charge in [0.15, 0.2) is 28.8 Å². The van der Waals surface area contributed by atoms with Gasteiger partial charge in [0.1, 0.15) is 18.3 Å². The number of Topliss-reactive ketones (excluding diaryl/α,β-unsaturated/α-hetero) is 1. The third-order valence-electron chi connectivity index (χ3n) is 6.14. The Morgan fingerprint density at radius 3 is 1.50 bits per heavy atom. The Labute approximate surface area is 239 Å². The molecule has 0 saturated heterocycles. The first-order chi connectivity index (χ1) is 19.8. The second kappa shape index (κ2) is 14.4. The minimum absolute atomic E-state index is 0.0383. The van der Waals surface area contributed by atoms with Crippen LogP contribution in [0.25, 0.3) is 12.2 Å². The summed E-state index contributed by atoms with van der Waals surface area (Å²) in [7, 11) is 5.01. The van der Waals surface area contributed by atoms with Gasteiger partial charge in [0.2, 0.25) is 28.7 Å². The van der Waals surface area contributed by atoms with Crippen molar-refractivity contribution in [2.24, 2.45) is 0 Å². The monoisotopic (exact) mass is 592 g/mol. The summed E-state index contributed by atoms with van der Waals surface area (Å²) in [6.45, 7) is -1.13. The van der Waals surface area contributed by atoms with Crippen LogP contribution in [0.4, 0.5) is 0 Å². The number of allylic oxidation sites excluding steroid dienone is 1. The van der Waals surface area contributed by atoms with Crippen LogP contribution in [-0.4, -0.2) is 112 Å². The molecule has 42 heavy (non-hydrogen) atoms. The maximum atomic E-state index is 13.2. The maximum Gasteiger partial charge on any atom is 0.244 e. The van der Waals surface area contributed by atoms with Crippen LogP contribution in [0.1, 0.15) is 11.1 Å². The van der Waals surface area contributed by atoms with E-state index in [1.807, 2.05) is 0 Å². The van der Waals surface area contributed by atoms with E-state index in [9.17, 15) is 45.0 Å². The molecule has 0 amide bonds. The summed E-state index contributed by atoms with van der Waals surface area (Å²) >= 11 is 0. The Kier molecular flexibility index (Phi) is 11.6. The number of ether oxygens (including phenoxy) is 4. The first-order valence-electron chi connectivity index (χ1n) is 12.1. The molecule has 0 aliphatic heterocycles. The number of rotatable bonds is 15. The van der Waals surface area contributed by atoms with Gasteiger partial charge in [-0.2, -0.15) is 0 Å². The number of hydrogen-bond donors (Lipinski definition) is 7. The fourth-order valence-electron chi connectivity index (χ4n) is 3.71. The molecule has 0 bridgehead atoms. The zero-order valence-electron chi connectivity index (χ0n) is 23.0. The number of methoxy groups -OCH3 is 4. The summed E-state index contributed by atoms with van der Waals surface area (Å²) < 4.78 is 20.1. The molecular formula is C28H32O14. The van der Waals surface area contributed by atoms with E-state index in [0.29, 0.717) is 12.2 Å². The number of phenols is 2. The van der Waals surface area contributed by atoms with Crippen molar-refractivity contribution in [3.63, 3.8) is 0 Å². The van der Waals surface area contributed by atoms with E-state index in [-0.39, 0.29) is 45.6 Å². The standard InChI is InChI=1S/C28H32O14/c1-39-18-9-14(10-19(40-2)24(18)34)5-7-16(30)26(36)28(38,27(37)23(33)17(31)13-29)22(32)8-6-15-11-20(41-3)25(35)21(12-15)42-4/h5-12,17,23,27,29,31,33-35,37-38H,13H2,1-4H3/b7-5+,8-6+/t17-,23-,27+,28+/m1/s1. The van der Waals surface area contributed by atoms with Crippen molar-refractivity contribution in [1.82, 2.24) is 0 Å². The van der Waals surface area contributed by atoms with Gasteiger partial charge in [0.25, 0.3) is 0 Å². The van der Waals surface area contributed by atoms with Crippen molar-refractivity contribution < 1.29 is 69.1 Å². The fourth-order valence-corrected chi connectivity index (χ4v) is 3.71. The summed E-state index contributed by atoms with van der Waals surface area (Å²) in [5, 5.41) is 71.0. The topological polar surface area (TPSA) is 230 Å². The third kappa shape index (κ3) is 7.05. The zero-order valence-corrected chi connectivity index (χ0v) is 23.0. The molecule has 0 unspecified atom stereocenters. The number of ketones is 3. The Morgan fingerprint density at radius 2 is 1.14 bits per heavy atom. The van der Waals surface area contributed by atoms with E-state index in [0.717, 1.165) is 12.2 Å². The molecule has 2 rings (SSSR count). The second-order valence-electron chi connectivity index (χ2n) is 8.72. The summed E-state index contributed by atoms with van der Waals surface area (Å²) in [6, 6.07) is 5.08. The molecule has 0 aromatic heterocycles. The quantitative estimate of drug-likeness (QED) is 0.0776. The number of aliphatic hydroxyl groups is 5. The van der Waals surface area contributed by atoms with Crippen molar-refractivity contribution in [3.05, 3.63) is 47.5 Å². The molecule has 4 atom stereocenters. The number of carbonyl (C=O) groups is 3. The Hall–Kier alpha value is -4.47. The van der Waals surface area contributed by atoms with Crippen molar-refractivity contribution in [1.29, 1.82) is 0 Å². The van der Waals surface area contributed by atoms with Gasteiger partial charge >= 0.3 is 0 Å². The molecule has 0 fully saturated rings. The van der Waals surface area contributed by atoms with Crippen molar-refractivity contribution in [3.8, 4) is 34.5 Å². The number of phenolic OH excluding ortho intramolecular Hbond substituents is 2. The molecule has 228 valence electrons. The van der Waals surface area contributed by atoms with Gasteiger partial charge in [-0.1, -0.05) is 12.2 Å². The number of aromatic hydroxyl groups is 2. The molecule has 0 heterocycles. The zero-order chi connectivity index (χ0) is 31.8. The summed E-state index contributed by atoms with van der Waals surface area (Å²) in [5.41, 5.74) is -3.30. The number of hydrogen-bond acceptors (Lipinski definition) is 14. The normalized spacial score (nSPS) is 15.1. The third-order valence-corrected chi connectivity index (χ3v) is 6.14. The van der Waals surface area contributed by atoms with Crippen LogP contribution in [0.15, 0.2) is 36.4 Å². The van der Waals surface area contributed by atoms with E-state index in [4.69, 9.17) is 24.1 Å². The number of benzene rings is 2. The van der Waals surface area contributed by atoms with Crippen molar-refractivity contribution in [2.45, 2.75) is 23.9 Å². The average molecular weight is 593 g/mol. The smallest absolute Gasteiger partial charge is 0.244 e. The van der Waals surface area contributed by atoms with E-state index < -0.39 is 47.9 Å². The van der Waals surface area contributed by atoms with E-state index in [1.54, 1.807) is 0 Å². The highest BCUT2D eigenvalue weighted by atomic mass is 16.5. The van der Waals surface area contributed by atoms with Gasteiger partial charge in [-0.3, -0.25) is 14.4 Å². The van der Waals surface area contributed by atoms with Gasteiger partial charge in [-0.05, 0) is 47.5 Å². The average Bonchev–Trinajstić information content (AvgIpc) is 3.01. The Morgan fingerprint density at radius 1 is 0.762 bits per heavy atom. The molecule has 14 heteroatoms. The molecule has 7 N–H and O–H groups in total. The van der Waals surface area contributed by atoms with Crippen molar-refractivity contribution in [2.75, 3.05) is 35.0 Å². The molecule has 2 aromatic rings. The molecule has 0 spiro atoms. The largest absolute Gasteiger partial charge is 0.502 e. The maximum absolute atomic E-state index is 13.2. The van der Waals surface area contributed by atoms with Crippen LogP contribution in [0.5, 0.6) is 34.5 Å². The summed E-state index contributed by atoms with van der Waals surface area (Å²) in [5.74, 6) is -5.86. The predicted octanol–water partition coefficient (Wildman–Crippen LogP) is -0.628. The lowest BCUT2D eigenvalue weighted by Crippen LogP contribution is -2.63. The molecule has 0 aliphatic rings. The molecule has 14 nitrogen and oxygen atoms in total. The highest BCUT2D eigenvalue weighted by Crippen LogP contribution is 2.38. The molecular weight excluding hydrogens is 560 g/mol. The minimum atomic E-state index is -3.64. The van der Waals surface area contributed by atoms with Crippen LogP contribution < -0.4 is 18.9 Å². The van der Waals surface area contributed by atoms with E-state index >= 15 is 0 Å². The SMILES string of the molecule is COc1cc(/C=C/C(=O)C(=O)[C@@](O)(C(=O)/C=C/c2cc(OC)c(O)c(OC)c2)[C@@H](O)[C@H](O)[C@H](O)CO)cc(OC)c1O. The lowest BCUT2D eigenvalue weighted by Gasteiger charge is -2.32. The highest BCUT2D eigenvalue weighted by Gasteiger charge is 2.54. The Balaban J connectivity index is 2.53. The molecule has 2 aromatic carbocycles. The van der Waals surface area contributed by atoms with E-state index in [1.165, 1.54) is 52.7 Å². The minimum Gasteiger partial charge on any atom is -0.502 e. The van der Waals surface area contributed by atoms with Crippen LogP contribution in [-0.2, 0) is 14.4 Å². The number of carbonyl (C=O) groups excluding carboxylic acids is 3. The van der Waals surface area contributed by atoms with E-state index in [2.05, 4.69) is 0 Å². The lowest BCUT2D eigenvalue weighted by atomic mass is 9.81. The van der Waals surface area contributed by atoms with Crippen LogP contribution >= 0.6 is 0 Å². The van der Waals surface area contributed by atoms with Crippen molar-refractivity contribution >= 4 is 29.5 Å². The fraction of sp³-hybridized carbons (Fsp3) is 0.321. The predicted molar refractivity (Wildman–Crippen MR) is 146 cm³/mol. The van der Waals surface area contributed by atoms with Crippen LogP contribution in [0.2, 0.25) is 0 Å². The lowest BCUT2D eigenvalue weighted by molar-refractivity contribution is -0.179. The summed E-state index contributed by atoms with van der Waals surface area (Å²) in [6.07, 6.45) is -3.99. The second-order valence-corrected chi connectivity index (χ2v) is 8.72. The molecule has 0 radical (unpaired) electrons. The molecule has 0 saturated carbocycles. The first kappa shape index (κ1) is 33.7. The van der Waals surface area contributed by atoms with Crippen LogP contribution in [0, 0.1) is 0 Å². The first-order valence-corrected chi connectivity index (χ1v) is 12.1. The number of aliphatic hydroxyl groups excluding tert-OH is 4. The van der Waals surface area contributed by atoms with Gasteiger partial charge < -0.3 is 54.7 Å². The van der Waals surface area contributed by atoms with Gasteiger partial charge in [-0.15, -0.1) is 0 Å². The Bertz CT molecular complexity index is 1310. The van der Waals surface area contributed by atoms with Crippen LogP contribution in [0.3, 0.4) is 0 Å². The van der Waals surface area contributed by atoms with Gasteiger partial charge in [-0.25, -0.2) is 0 Å². The summed E-state index contributed by atoms with van der Waals surface area (Å²) in [4.78, 5) is 39.2. The highest BCUT2D eigenvalue weighted by molar-refractivity contribution is 6.49. The molecule has 0 aliphatic carbocycles.